The van der Waals surface area contributed by atoms with Crippen LogP contribution in [0.3, 0.4) is 0 Å². The molecule has 0 fully saturated rings. The minimum absolute atomic E-state index is 0.00935. The quantitative estimate of drug-likeness (QED) is 0.841. The van der Waals surface area contributed by atoms with E-state index in [1.54, 1.807) is 0 Å². The van der Waals surface area contributed by atoms with Crippen molar-refractivity contribution in [2.75, 3.05) is 5.32 Å². The Balaban J connectivity index is 2.17. The van der Waals surface area contributed by atoms with Crippen molar-refractivity contribution >= 4 is 11.6 Å². The summed E-state index contributed by atoms with van der Waals surface area (Å²) in [7, 11) is 0. The van der Waals surface area contributed by atoms with E-state index in [1.165, 1.54) is 5.56 Å². The van der Waals surface area contributed by atoms with Gasteiger partial charge in [0.05, 0.1) is 0 Å². The highest BCUT2D eigenvalue weighted by molar-refractivity contribution is 5.92. The smallest absolute Gasteiger partial charge is 0.293 e. The molecule has 0 aliphatic heterocycles. The molecule has 19 heavy (non-hydrogen) atoms. The van der Waals surface area contributed by atoms with Gasteiger partial charge in [0.2, 0.25) is 6.04 Å². The number of hydrogen-bond acceptors (Lipinski definition) is 1. The van der Waals surface area contributed by atoms with Gasteiger partial charge in [0.1, 0.15) is 0 Å². The zero-order valence-electron chi connectivity index (χ0n) is 11.6. The van der Waals surface area contributed by atoms with E-state index in [9.17, 15) is 4.79 Å². The first kappa shape index (κ1) is 13.3. The first-order valence-electron chi connectivity index (χ1n) is 6.43. The number of carbonyl (C=O) groups excluding carboxylic acids is 1. The van der Waals surface area contributed by atoms with Gasteiger partial charge in [-0.2, -0.15) is 4.57 Å². The van der Waals surface area contributed by atoms with Crippen molar-refractivity contribution in [3.8, 4) is 0 Å². The molecular weight excluding hydrogens is 236 g/mol. The van der Waals surface area contributed by atoms with Crippen molar-refractivity contribution in [2.45, 2.75) is 26.8 Å². The van der Waals surface area contributed by atoms with E-state index in [-0.39, 0.29) is 11.9 Å². The maximum absolute atomic E-state index is 12.2. The zero-order chi connectivity index (χ0) is 13.8. The molecule has 0 saturated carbocycles. The van der Waals surface area contributed by atoms with E-state index in [2.05, 4.69) is 5.32 Å². The molecule has 1 amide bonds. The van der Waals surface area contributed by atoms with Gasteiger partial charge in [-0.15, -0.1) is 0 Å². The maximum Gasteiger partial charge on any atom is 0.293 e. The third kappa shape index (κ3) is 2.99. The number of carbonyl (C=O) groups is 1. The van der Waals surface area contributed by atoms with E-state index in [0.717, 1.165) is 11.4 Å². The number of hydrogen-bond donors (Lipinski definition) is 1. The van der Waals surface area contributed by atoms with Crippen LogP contribution in [-0.4, -0.2) is 5.91 Å². The number of anilines is 1. The van der Waals surface area contributed by atoms with Gasteiger partial charge in [-0.1, -0.05) is 18.2 Å². The fourth-order valence-corrected chi connectivity index (χ4v) is 2.03. The Labute approximate surface area is 113 Å². The van der Waals surface area contributed by atoms with Crippen LogP contribution in [0.5, 0.6) is 0 Å². The van der Waals surface area contributed by atoms with Crippen LogP contribution in [0, 0.1) is 13.8 Å². The van der Waals surface area contributed by atoms with Crippen LogP contribution in [0.1, 0.15) is 24.2 Å². The lowest BCUT2D eigenvalue weighted by Gasteiger charge is -2.11. The molecule has 1 aromatic carbocycles. The van der Waals surface area contributed by atoms with E-state index < -0.39 is 0 Å². The molecule has 2 aromatic rings. The van der Waals surface area contributed by atoms with E-state index >= 15 is 0 Å². The summed E-state index contributed by atoms with van der Waals surface area (Å²) < 4.78 is 1.99. The molecule has 0 bridgehead atoms. The standard InChI is InChI=1S/C16H18N2O/c1-12-8-7-11-18(13(12)2)14(3)16(19)17-15-9-5-4-6-10-15/h4-11,14H,1-3H3/p+1/t14-/m1/s1. The maximum atomic E-state index is 12.2. The molecule has 2 rings (SSSR count). The summed E-state index contributed by atoms with van der Waals surface area (Å²) in [5.74, 6) is -0.00935. The van der Waals surface area contributed by atoms with Crippen LogP contribution in [0.25, 0.3) is 0 Å². The lowest BCUT2D eigenvalue weighted by atomic mass is 10.2. The van der Waals surface area contributed by atoms with Gasteiger partial charge in [0, 0.05) is 31.2 Å². The van der Waals surface area contributed by atoms with Gasteiger partial charge in [-0.05, 0) is 25.1 Å². The Kier molecular flexibility index (Phi) is 3.95. The minimum Gasteiger partial charge on any atom is -0.320 e. The third-order valence-electron chi connectivity index (χ3n) is 3.39. The first-order chi connectivity index (χ1) is 9.09. The highest BCUT2D eigenvalue weighted by Crippen LogP contribution is 2.09. The number of nitrogens with one attached hydrogen (secondary N) is 1. The van der Waals surface area contributed by atoms with E-state index in [0.29, 0.717) is 0 Å². The summed E-state index contributed by atoms with van der Waals surface area (Å²) >= 11 is 0. The summed E-state index contributed by atoms with van der Waals surface area (Å²) in [5.41, 5.74) is 3.12. The number of benzene rings is 1. The fourth-order valence-electron chi connectivity index (χ4n) is 2.03. The molecule has 3 heteroatoms. The monoisotopic (exact) mass is 255 g/mol. The zero-order valence-corrected chi connectivity index (χ0v) is 11.6. The lowest BCUT2D eigenvalue weighted by Crippen LogP contribution is -2.47. The highest BCUT2D eigenvalue weighted by atomic mass is 16.2. The lowest BCUT2D eigenvalue weighted by molar-refractivity contribution is -0.711. The largest absolute Gasteiger partial charge is 0.320 e. The van der Waals surface area contributed by atoms with E-state index in [4.69, 9.17) is 0 Å². The summed E-state index contributed by atoms with van der Waals surface area (Å²) in [6.45, 7) is 5.99. The molecule has 0 aliphatic carbocycles. The second kappa shape index (κ2) is 5.65. The van der Waals surface area contributed by atoms with Gasteiger partial charge in [0.15, 0.2) is 11.9 Å². The van der Waals surface area contributed by atoms with Crippen LogP contribution < -0.4 is 9.88 Å². The first-order valence-corrected chi connectivity index (χ1v) is 6.43. The van der Waals surface area contributed by atoms with Gasteiger partial charge in [-0.3, -0.25) is 4.79 Å². The van der Waals surface area contributed by atoms with Crippen molar-refractivity contribution in [2.24, 2.45) is 0 Å². The molecule has 1 N–H and O–H groups in total. The van der Waals surface area contributed by atoms with Crippen LogP contribution in [0.15, 0.2) is 48.7 Å². The van der Waals surface area contributed by atoms with Crippen molar-refractivity contribution in [3.63, 3.8) is 0 Å². The predicted molar refractivity (Wildman–Crippen MR) is 75.9 cm³/mol. The highest BCUT2D eigenvalue weighted by Gasteiger charge is 2.24. The van der Waals surface area contributed by atoms with Crippen LogP contribution in [-0.2, 0) is 4.79 Å². The Morgan fingerprint density at radius 3 is 2.47 bits per heavy atom. The Hall–Kier alpha value is -2.16. The van der Waals surface area contributed by atoms with Crippen LogP contribution in [0.2, 0.25) is 0 Å². The number of amides is 1. The minimum atomic E-state index is -0.236. The Morgan fingerprint density at radius 1 is 1.11 bits per heavy atom. The average molecular weight is 255 g/mol. The second-order valence-corrected chi connectivity index (χ2v) is 4.72. The molecule has 0 unspecified atom stereocenters. The van der Waals surface area contributed by atoms with Crippen molar-refractivity contribution in [1.29, 1.82) is 0 Å². The topological polar surface area (TPSA) is 33.0 Å². The third-order valence-corrected chi connectivity index (χ3v) is 3.39. The summed E-state index contributed by atoms with van der Waals surface area (Å²) in [4.78, 5) is 12.2. The molecule has 0 radical (unpaired) electrons. The Morgan fingerprint density at radius 2 is 1.79 bits per heavy atom. The number of para-hydroxylation sites is 1. The normalized spacial score (nSPS) is 11.9. The van der Waals surface area contributed by atoms with Gasteiger partial charge in [-0.25, -0.2) is 0 Å². The number of pyridine rings is 1. The summed E-state index contributed by atoms with van der Waals surface area (Å²) in [5, 5.41) is 2.93. The summed E-state index contributed by atoms with van der Waals surface area (Å²) in [6, 6.07) is 13.3. The summed E-state index contributed by atoms with van der Waals surface area (Å²) in [6.07, 6.45) is 1.94. The van der Waals surface area contributed by atoms with Crippen molar-refractivity contribution in [1.82, 2.24) is 0 Å². The number of aromatic nitrogens is 1. The number of rotatable bonds is 3. The molecule has 1 atom stereocenters. The van der Waals surface area contributed by atoms with E-state index in [1.807, 2.05) is 74.0 Å². The number of aryl methyl sites for hydroxylation is 1. The SMILES string of the molecule is Cc1ccc[n+]([C@H](C)C(=O)Nc2ccccc2)c1C. The van der Waals surface area contributed by atoms with Crippen molar-refractivity contribution < 1.29 is 9.36 Å². The predicted octanol–water partition coefficient (Wildman–Crippen LogP) is 2.79. The number of nitrogens with zero attached hydrogens (tertiary/aromatic N) is 1. The van der Waals surface area contributed by atoms with Gasteiger partial charge < -0.3 is 5.32 Å². The second-order valence-electron chi connectivity index (χ2n) is 4.72. The molecule has 1 heterocycles. The molecule has 0 saturated heterocycles. The molecule has 0 spiro atoms. The van der Waals surface area contributed by atoms with Gasteiger partial charge in [0.25, 0.3) is 5.91 Å². The fraction of sp³-hybridized carbons (Fsp3) is 0.250. The molecule has 0 aliphatic rings. The molecular formula is C16H19N2O+. The average Bonchev–Trinajstić information content (AvgIpc) is 2.42. The molecule has 1 aromatic heterocycles. The Bertz CT molecular complexity index is 579. The molecule has 3 nitrogen and oxygen atoms in total. The van der Waals surface area contributed by atoms with Crippen LogP contribution >= 0.6 is 0 Å². The van der Waals surface area contributed by atoms with Crippen LogP contribution in [0.4, 0.5) is 5.69 Å². The van der Waals surface area contributed by atoms with Crippen molar-refractivity contribution in [3.05, 3.63) is 59.9 Å². The molecule has 98 valence electrons. The van der Waals surface area contributed by atoms with Gasteiger partial charge >= 0.3 is 0 Å².